The van der Waals surface area contributed by atoms with Gasteiger partial charge in [-0.25, -0.2) is 0 Å². The number of hydrogen-bond acceptors (Lipinski definition) is 6. The maximum Gasteiger partial charge on any atom is 0.277 e. The van der Waals surface area contributed by atoms with Crippen LogP contribution in [-0.4, -0.2) is 27.0 Å². The lowest BCUT2D eigenvalue weighted by atomic mass is 10.2. The number of thioether (sulfide) groups is 1. The van der Waals surface area contributed by atoms with E-state index in [1.54, 1.807) is 36.4 Å². The summed E-state index contributed by atoms with van der Waals surface area (Å²) >= 11 is 7.00. The number of aromatic nitrogens is 2. The van der Waals surface area contributed by atoms with Crippen LogP contribution in [0.25, 0.3) is 11.5 Å². The Morgan fingerprint density at radius 3 is 2.75 bits per heavy atom. The number of benzene rings is 2. The first-order chi connectivity index (χ1) is 11.6. The van der Waals surface area contributed by atoms with E-state index in [1.165, 1.54) is 12.1 Å². The summed E-state index contributed by atoms with van der Waals surface area (Å²) in [6.07, 6.45) is 0. The number of aromatic hydroxyl groups is 1. The van der Waals surface area contributed by atoms with Crippen LogP contribution in [0.15, 0.2) is 58.2 Å². The zero-order valence-electron chi connectivity index (χ0n) is 12.3. The van der Waals surface area contributed by atoms with Crippen LogP contribution >= 0.6 is 23.4 Å². The maximum atomic E-state index is 11.9. The van der Waals surface area contributed by atoms with Crippen molar-refractivity contribution >= 4 is 35.0 Å². The SMILES string of the molecule is O=C(CSc1nnc(-c2ccc(O)cc2)o1)Nc1cccc(Cl)c1. The fraction of sp³-hybridized carbons (Fsp3) is 0.0625. The van der Waals surface area contributed by atoms with Crippen LogP contribution in [0.2, 0.25) is 5.02 Å². The van der Waals surface area contributed by atoms with Gasteiger partial charge in [-0.05, 0) is 42.5 Å². The molecule has 3 rings (SSSR count). The van der Waals surface area contributed by atoms with Gasteiger partial charge in [-0.3, -0.25) is 4.79 Å². The van der Waals surface area contributed by atoms with E-state index in [9.17, 15) is 9.90 Å². The number of rotatable bonds is 5. The minimum Gasteiger partial charge on any atom is -0.508 e. The molecule has 24 heavy (non-hydrogen) atoms. The van der Waals surface area contributed by atoms with Crippen molar-refractivity contribution in [1.29, 1.82) is 0 Å². The summed E-state index contributed by atoms with van der Waals surface area (Å²) in [4.78, 5) is 11.9. The molecule has 0 saturated heterocycles. The summed E-state index contributed by atoms with van der Waals surface area (Å²) < 4.78 is 5.49. The molecule has 6 nitrogen and oxygen atoms in total. The van der Waals surface area contributed by atoms with Crippen molar-refractivity contribution in [2.75, 3.05) is 11.1 Å². The monoisotopic (exact) mass is 361 g/mol. The summed E-state index contributed by atoms with van der Waals surface area (Å²) in [6.45, 7) is 0. The fourth-order valence-corrected chi connectivity index (χ4v) is 2.63. The average molecular weight is 362 g/mol. The molecular weight excluding hydrogens is 350 g/mol. The zero-order chi connectivity index (χ0) is 16.9. The topological polar surface area (TPSA) is 88.2 Å². The Hall–Kier alpha value is -2.51. The van der Waals surface area contributed by atoms with Gasteiger partial charge in [0.2, 0.25) is 11.8 Å². The molecule has 3 aromatic rings. The van der Waals surface area contributed by atoms with Crippen molar-refractivity contribution in [1.82, 2.24) is 10.2 Å². The Kier molecular flexibility index (Phi) is 5.02. The van der Waals surface area contributed by atoms with Crippen LogP contribution in [-0.2, 0) is 4.79 Å². The smallest absolute Gasteiger partial charge is 0.277 e. The normalized spacial score (nSPS) is 10.5. The van der Waals surface area contributed by atoms with Gasteiger partial charge < -0.3 is 14.8 Å². The molecule has 0 aliphatic carbocycles. The summed E-state index contributed by atoms with van der Waals surface area (Å²) in [5, 5.41) is 20.7. The van der Waals surface area contributed by atoms with Gasteiger partial charge in [0, 0.05) is 16.3 Å². The van der Waals surface area contributed by atoms with Crippen LogP contribution in [0.5, 0.6) is 5.75 Å². The molecule has 1 aromatic heterocycles. The van der Waals surface area contributed by atoms with E-state index in [-0.39, 0.29) is 17.4 Å². The number of hydrogen-bond donors (Lipinski definition) is 2. The Balaban J connectivity index is 1.57. The number of halogens is 1. The fourth-order valence-electron chi connectivity index (χ4n) is 1.88. The van der Waals surface area contributed by atoms with Crippen molar-refractivity contribution in [3.63, 3.8) is 0 Å². The number of phenolic OH excluding ortho intramolecular Hbond substituents is 1. The number of amides is 1. The van der Waals surface area contributed by atoms with Gasteiger partial charge in [0.05, 0.1) is 5.75 Å². The highest BCUT2D eigenvalue weighted by atomic mass is 35.5. The molecule has 0 fully saturated rings. The van der Waals surface area contributed by atoms with E-state index in [1.807, 2.05) is 0 Å². The molecule has 122 valence electrons. The van der Waals surface area contributed by atoms with E-state index in [0.29, 0.717) is 27.4 Å². The second-order valence-corrected chi connectivity index (χ2v) is 6.13. The molecule has 0 aliphatic rings. The average Bonchev–Trinajstić information content (AvgIpc) is 3.03. The van der Waals surface area contributed by atoms with Crippen LogP contribution in [0.1, 0.15) is 0 Å². The Labute approximate surface area is 146 Å². The lowest BCUT2D eigenvalue weighted by Crippen LogP contribution is -2.13. The van der Waals surface area contributed by atoms with E-state index in [2.05, 4.69) is 15.5 Å². The van der Waals surface area contributed by atoms with Crippen molar-refractivity contribution in [2.45, 2.75) is 5.22 Å². The van der Waals surface area contributed by atoms with E-state index in [4.69, 9.17) is 16.0 Å². The van der Waals surface area contributed by atoms with Crippen molar-refractivity contribution in [2.24, 2.45) is 0 Å². The highest BCUT2D eigenvalue weighted by molar-refractivity contribution is 7.99. The van der Waals surface area contributed by atoms with Crippen LogP contribution < -0.4 is 5.32 Å². The molecule has 2 aromatic carbocycles. The maximum absolute atomic E-state index is 11.9. The Bertz CT molecular complexity index is 852. The molecule has 0 unspecified atom stereocenters. The zero-order valence-corrected chi connectivity index (χ0v) is 13.8. The molecular formula is C16H12ClN3O3S. The van der Waals surface area contributed by atoms with Crippen LogP contribution in [0.4, 0.5) is 5.69 Å². The van der Waals surface area contributed by atoms with E-state index in [0.717, 1.165) is 11.8 Å². The molecule has 0 saturated carbocycles. The molecule has 0 radical (unpaired) electrons. The summed E-state index contributed by atoms with van der Waals surface area (Å²) in [5.74, 6) is 0.411. The third kappa shape index (κ3) is 4.27. The van der Waals surface area contributed by atoms with Gasteiger partial charge in [0.15, 0.2) is 0 Å². The minimum atomic E-state index is -0.202. The number of carbonyl (C=O) groups is 1. The number of nitrogens with one attached hydrogen (secondary N) is 1. The summed E-state index contributed by atoms with van der Waals surface area (Å²) in [7, 11) is 0. The second kappa shape index (κ2) is 7.37. The Morgan fingerprint density at radius 1 is 1.21 bits per heavy atom. The second-order valence-electron chi connectivity index (χ2n) is 4.77. The number of phenols is 1. The largest absolute Gasteiger partial charge is 0.508 e. The summed E-state index contributed by atoms with van der Waals surface area (Å²) in [5.41, 5.74) is 1.32. The van der Waals surface area contributed by atoms with Gasteiger partial charge in [-0.2, -0.15) is 0 Å². The molecule has 2 N–H and O–H groups in total. The first-order valence-corrected chi connectivity index (χ1v) is 8.27. The number of anilines is 1. The van der Waals surface area contributed by atoms with E-state index >= 15 is 0 Å². The molecule has 0 aliphatic heterocycles. The van der Waals surface area contributed by atoms with Gasteiger partial charge >= 0.3 is 0 Å². The first kappa shape index (κ1) is 16.4. The molecule has 1 heterocycles. The molecule has 0 atom stereocenters. The standard InChI is InChI=1S/C16H12ClN3O3S/c17-11-2-1-3-12(8-11)18-14(22)9-24-16-20-19-15(23-16)10-4-6-13(21)7-5-10/h1-8,21H,9H2,(H,18,22). The quantitative estimate of drug-likeness (QED) is 0.671. The minimum absolute atomic E-state index is 0.129. The third-order valence-corrected chi connectivity index (χ3v) is 4.01. The van der Waals surface area contributed by atoms with E-state index < -0.39 is 0 Å². The number of carbonyl (C=O) groups excluding carboxylic acids is 1. The Morgan fingerprint density at radius 2 is 2.00 bits per heavy atom. The number of nitrogens with zero attached hydrogens (tertiary/aromatic N) is 2. The first-order valence-electron chi connectivity index (χ1n) is 6.91. The van der Waals surface area contributed by atoms with Crippen molar-refractivity contribution in [3.8, 4) is 17.2 Å². The van der Waals surface area contributed by atoms with Gasteiger partial charge in [-0.1, -0.05) is 29.4 Å². The van der Waals surface area contributed by atoms with Crippen molar-refractivity contribution in [3.05, 3.63) is 53.6 Å². The van der Waals surface area contributed by atoms with Gasteiger partial charge in [0.1, 0.15) is 5.75 Å². The molecule has 8 heteroatoms. The molecule has 0 spiro atoms. The lowest BCUT2D eigenvalue weighted by Gasteiger charge is -2.03. The lowest BCUT2D eigenvalue weighted by molar-refractivity contribution is -0.113. The van der Waals surface area contributed by atoms with Gasteiger partial charge in [0.25, 0.3) is 5.22 Å². The molecule has 1 amide bonds. The van der Waals surface area contributed by atoms with Crippen molar-refractivity contribution < 1.29 is 14.3 Å². The predicted octanol–water partition coefficient (Wildman–Crippen LogP) is 3.83. The predicted molar refractivity (Wildman–Crippen MR) is 92.2 cm³/mol. The molecule has 0 bridgehead atoms. The highest BCUT2D eigenvalue weighted by Gasteiger charge is 2.11. The van der Waals surface area contributed by atoms with Crippen LogP contribution in [0, 0.1) is 0 Å². The highest BCUT2D eigenvalue weighted by Crippen LogP contribution is 2.24. The summed E-state index contributed by atoms with van der Waals surface area (Å²) in [6, 6.07) is 13.3. The third-order valence-electron chi connectivity index (χ3n) is 2.96. The van der Waals surface area contributed by atoms with Gasteiger partial charge in [-0.15, -0.1) is 10.2 Å². The van der Waals surface area contributed by atoms with Crippen LogP contribution in [0.3, 0.4) is 0 Å².